The monoisotopic (exact) mass is 176 g/mol. The third-order valence-corrected chi connectivity index (χ3v) is 2.42. The van der Waals surface area contributed by atoms with Crippen LogP contribution in [0.25, 0.3) is 0 Å². The van der Waals surface area contributed by atoms with Crippen molar-refractivity contribution in [1.29, 1.82) is 0 Å². The lowest BCUT2D eigenvalue weighted by Crippen LogP contribution is -1.63. The molecule has 1 aliphatic heterocycles. The molecular weight excluding hydrogens is 164 g/mol. The Balaban J connectivity index is 2.60. The summed E-state index contributed by atoms with van der Waals surface area (Å²) < 4.78 is 0. The van der Waals surface area contributed by atoms with Crippen molar-refractivity contribution in [1.82, 2.24) is 0 Å². The Kier molecular flexibility index (Phi) is 3.72. The van der Waals surface area contributed by atoms with Crippen LogP contribution in [0.4, 0.5) is 0 Å². The second-order valence-corrected chi connectivity index (χ2v) is 3.54. The molecule has 1 heterocycles. The van der Waals surface area contributed by atoms with E-state index in [2.05, 4.69) is 23.8 Å². The summed E-state index contributed by atoms with van der Waals surface area (Å²) in [5.74, 6) is 0. The molecular formula is C11H12S. The van der Waals surface area contributed by atoms with Gasteiger partial charge in [0.1, 0.15) is 0 Å². The molecule has 0 N–H and O–H groups in total. The van der Waals surface area contributed by atoms with Crippen LogP contribution in [-0.4, -0.2) is 0 Å². The van der Waals surface area contributed by atoms with E-state index in [1.807, 2.05) is 25.2 Å². The fraction of sp³-hybridized carbons (Fsp3) is 0.182. The van der Waals surface area contributed by atoms with Crippen LogP contribution in [0, 0.1) is 0 Å². The zero-order chi connectivity index (χ0) is 8.81. The van der Waals surface area contributed by atoms with Crippen LogP contribution in [0.1, 0.15) is 13.3 Å². The van der Waals surface area contributed by atoms with Crippen molar-refractivity contribution < 1.29 is 0 Å². The summed E-state index contributed by atoms with van der Waals surface area (Å²) in [5.41, 5.74) is 4.38. The van der Waals surface area contributed by atoms with Gasteiger partial charge < -0.3 is 0 Å². The van der Waals surface area contributed by atoms with E-state index in [1.165, 1.54) is 10.5 Å². The SMILES string of the molecule is C=C/C(C)=C\C=C=C1CC=CS1. The molecule has 0 aromatic rings. The molecule has 0 saturated carbocycles. The molecule has 62 valence electrons. The fourth-order valence-electron chi connectivity index (χ4n) is 0.761. The molecule has 0 saturated heterocycles. The van der Waals surface area contributed by atoms with Crippen LogP contribution in [0.2, 0.25) is 0 Å². The smallest absolute Gasteiger partial charge is 0.0347 e. The van der Waals surface area contributed by atoms with Crippen molar-refractivity contribution in [3.63, 3.8) is 0 Å². The van der Waals surface area contributed by atoms with Crippen LogP contribution in [0.5, 0.6) is 0 Å². The maximum atomic E-state index is 3.67. The van der Waals surface area contributed by atoms with E-state index in [1.54, 1.807) is 11.8 Å². The largest absolute Gasteiger partial charge is 0.110 e. The van der Waals surface area contributed by atoms with Gasteiger partial charge in [0.05, 0.1) is 0 Å². The van der Waals surface area contributed by atoms with Crippen LogP contribution >= 0.6 is 11.8 Å². The van der Waals surface area contributed by atoms with Gasteiger partial charge in [0, 0.05) is 11.3 Å². The molecule has 0 fully saturated rings. The quantitative estimate of drug-likeness (QED) is 0.455. The maximum absolute atomic E-state index is 3.67. The molecule has 1 aliphatic rings. The van der Waals surface area contributed by atoms with E-state index >= 15 is 0 Å². The first-order valence-electron chi connectivity index (χ1n) is 3.89. The number of hydrogen-bond acceptors (Lipinski definition) is 1. The summed E-state index contributed by atoms with van der Waals surface area (Å²) in [7, 11) is 0. The van der Waals surface area contributed by atoms with E-state index in [9.17, 15) is 0 Å². The van der Waals surface area contributed by atoms with Gasteiger partial charge in [-0.2, -0.15) is 0 Å². The molecule has 0 aromatic heterocycles. The minimum Gasteiger partial charge on any atom is -0.110 e. The third-order valence-electron chi connectivity index (χ3n) is 1.52. The Morgan fingerprint density at radius 3 is 3.17 bits per heavy atom. The standard InChI is InChI=1S/C11H12S/c1-3-10(2)6-4-7-11-8-5-9-12-11/h3-6,9H,1,8H2,2H3/b10-6-. The molecule has 0 unspecified atom stereocenters. The first-order valence-corrected chi connectivity index (χ1v) is 4.77. The molecule has 0 spiro atoms. The summed E-state index contributed by atoms with van der Waals surface area (Å²) in [6.07, 6.45) is 8.97. The first kappa shape index (κ1) is 9.18. The molecule has 0 aliphatic carbocycles. The van der Waals surface area contributed by atoms with E-state index in [0.29, 0.717) is 0 Å². The molecule has 0 amide bonds. The lowest BCUT2D eigenvalue weighted by Gasteiger charge is -1.85. The summed E-state index contributed by atoms with van der Waals surface area (Å²) in [6.45, 7) is 5.69. The van der Waals surface area contributed by atoms with Crippen LogP contribution in [0.3, 0.4) is 0 Å². The Morgan fingerprint density at radius 1 is 1.75 bits per heavy atom. The average Bonchev–Trinajstić information content (AvgIpc) is 2.57. The zero-order valence-corrected chi connectivity index (χ0v) is 8.03. The lowest BCUT2D eigenvalue weighted by molar-refractivity contribution is 1.40. The van der Waals surface area contributed by atoms with Gasteiger partial charge in [-0.05, 0) is 18.4 Å². The predicted octanol–water partition coefficient (Wildman–Crippen LogP) is 3.81. The van der Waals surface area contributed by atoms with Gasteiger partial charge in [-0.3, -0.25) is 0 Å². The first-order chi connectivity index (χ1) is 5.83. The number of thioether (sulfide) groups is 1. The van der Waals surface area contributed by atoms with Crippen molar-refractivity contribution in [2.24, 2.45) is 0 Å². The maximum Gasteiger partial charge on any atom is 0.0347 e. The van der Waals surface area contributed by atoms with Gasteiger partial charge in [0.15, 0.2) is 0 Å². The zero-order valence-electron chi connectivity index (χ0n) is 7.21. The Hall–Kier alpha value is -0.910. The molecule has 0 radical (unpaired) electrons. The van der Waals surface area contributed by atoms with Crippen molar-refractivity contribution >= 4 is 11.8 Å². The van der Waals surface area contributed by atoms with E-state index in [0.717, 1.165) is 6.42 Å². The average molecular weight is 176 g/mol. The lowest BCUT2D eigenvalue weighted by atomic mass is 10.3. The summed E-state index contributed by atoms with van der Waals surface area (Å²) in [6, 6.07) is 0. The Morgan fingerprint density at radius 2 is 2.58 bits per heavy atom. The predicted molar refractivity (Wildman–Crippen MR) is 56.9 cm³/mol. The minimum absolute atomic E-state index is 1.03. The fourth-order valence-corrected chi connectivity index (χ4v) is 1.45. The van der Waals surface area contributed by atoms with E-state index < -0.39 is 0 Å². The molecule has 0 nitrogen and oxygen atoms in total. The minimum atomic E-state index is 1.03. The molecule has 0 atom stereocenters. The topological polar surface area (TPSA) is 0 Å². The van der Waals surface area contributed by atoms with Crippen molar-refractivity contribution in [3.8, 4) is 0 Å². The molecule has 1 rings (SSSR count). The van der Waals surface area contributed by atoms with Crippen LogP contribution in [0.15, 0.2) is 52.5 Å². The highest BCUT2D eigenvalue weighted by Gasteiger charge is 1.96. The number of allylic oxidation sites excluding steroid dienone is 5. The highest BCUT2D eigenvalue weighted by Crippen LogP contribution is 2.26. The van der Waals surface area contributed by atoms with Crippen molar-refractivity contribution in [2.45, 2.75) is 13.3 Å². The van der Waals surface area contributed by atoms with Crippen molar-refractivity contribution in [2.75, 3.05) is 0 Å². The van der Waals surface area contributed by atoms with E-state index in [-0.39, 0.29) is 0 Å². The van der Waals surface area contributed by atoms with Gasteiger partial charge in [0.2, 0.25) is 0 Å². The number of rotatable bonds is 2. The highest BCUT2D eigenvalue weighted by atomic mass is 32.2. The van der Waals surface area contributed by atoms with Crippen LogP contribution < -0.4 is 0 Å². The summed E-state index contributed by atoms with van der Waals surface area (Å²) in [4.78, 5) is 1.28. The number of hydrogen-bond donors (Lipinski definition) is 0. The second-order valence-electron chi connectivity index (χ2n) is 2.54. The third kappa shape index (κ3) is 3.00. The summed E-state index contributed by atoms with van der Waals surface area (Å²) in [5, 5.41) is 2.10. The van der Waals surface area contributed by atoms with Crippen LogP contribution in [-0.2, 0) is 0 Å². The van der Waals surface area contributed by atoms with Gasteiger partial charge in [0.25, 0.3) is 0 Å². The Labute approximate surface area is 78.1 Å². The van der Waals surface area contributed by atoms with Gasteiger partial charge >= 0.3 is 0 Å². The van der Waals surface area contributed by atoms with Gasteiger partial charge in [-0.15, -0.1) is 5.73 Å². The molecule has 0 aromatic carbocycles. The van der Waals surface area contributed by atoms with Crippen molar-refractivity contribution in [3.05, 3.63) is 52.5 Å². The molecule has 12 heavy (non-hydrogen) atoms. The normalized spacial score (nSPS) is 16.1. The van der Waals surface area contributed by atoms with E-state index in [4.69, 9.17) is 0 Å². The summed E-state index contributed by atoms with van der Waals surface area (Å²) >= 11 is 1.74. The Bertz CT molecular complexity index is 276. The second kappa shape index (κ2) is 4.87. The molecule has 1 heteroatoms. The molecule has 0 bridgehead atoms. The van der Waals surface area contributed by atoms with Gasteiger partial charge in [-0.1, -0.05) is 42.1 Å². The van der Waals surface area contributed by atoms with Gasteiger partial charge in [-0.25, -0.2) is 0 Å². The highest BCUT2D eigenvalue weighted by molar-refractivity contribution is 8.06.